The molecule has 0 saturated heterocycles. The number of nitrogens with one attached hydrogen (secondary N) is 2. The number of aromatic nitrogens is 1. The summed E-state index contributed by atoms with van der Waals surface area (Å²) in [6.45, 7) is 3.44. The van der Waals surface area contributed by atoms with Crippen LogP contribution in [0.25, 0.3) is 0 Å². The Balaban J connectivity index is 1.45. The Bertz CT molecular complexity index is 648. The van der Waals surface area contributed by atoms with Crippen molar-refractivity contribution in [3.8, 4) is 0 Å². The van der Waals surface area contributed by atoms with Gasteiger partial charge in [-0.15, -0.1) is 0 Å². The summed E-state index contributed by atoms with van der Waals surface area (Å²) in [6.07, 6.45) is 9.92. The molecular formula is C23H35N3O3. The molecule has 2 saturated carbocycles. The summed E-state index contributed by atoms with van der Waals surface area (Å²) in [5.41, 5.74) is 1.05. The molecule has 0 radical (unpaired) electrons. The van der Waals surface area contributed by atoms with Crippen molar-refractivity contribution in [2.24, 2.45) is 11.8 Å². The summed E-state index contributed by atoms with van der Waals surface area (Å²) in [6, 6.07) is 5.84. The molecule has 2 N–H and O–H groups in total. The van der Waals surface area contributed by atoms with E-state index in [1.165, 1.54) is 0 Å². The number of carbonyl (C=O) groups is 2. The SMILES string of the molecule is CCCO[C@@H]1CC[C@H](C(=O)NCCCc2ccccn2)C[C@H]1NC(=O)C1CCC1. The van der Waals surface area contributed by atoms with Crippen molar-refractivity contribution in [1.82, 2.24) is 15.6 Å². The van der Waals surface area contributed by atoms with Crippen LogP contribution in [0, 0.1) is 11.8 Å². The van der Waals surface area contributed by atoms with E-state index in [9.17, 15) is 9.59 Å². The number of rotatable bonds is 10. The summed E-state index contributed by atoms with van der Waals surface area (Å²) in [5, 5.41) is 6.28. The molecule has 1 aromatic heterocycles. The second-order valence-electron chi connectivity index (χ2n) is 8.38. The number of amides is 2. The van der Waals surface area contributed by atoms with E-state index in [4.69, 9.17) is 4.74 Å². The van der Waals surface area contributed by atoms with Gasteiger partial charge in [-0.1, -0.05) is 19.4 Å². The molecule has 0 bridgehead atoms. The second kappa shape index (κ2) is 11.3. The van der Waals surface area contributed by atoms with Crippen LogP contribution in [0.2, 0.25) is 0 Å². The van der Waals surface area contributed by atoms with E-state index >= 15 is 0 Å². The summed E-state index contributed by atoms with van der Waals surface area (Å²) >= 11 is 0. The number of nitrogens with zero attached hydrogens (tertiary/aromatic N) is 1. The Kier molecular flexibility index (Phi) is 8.47. The van der Waals surface area contributed by atoms with Crippen LogP contribution >= 0.6 is 0 Å². The molecule has 6 nitrogen and oxygen atoms in total. The highest BCUT2D eigenvalue weighted by Gasteiger charge is 2.37. The van der Waals surface area contributed by atoms with Gasteiger partial charge in [0.15, 0.2) is 0 Å². The number of hydrogen-bond acceptors (Lipinski definition) is 4. The van der Waals surface area contributed by atoms with Crippen LogP contribution in [0.15, 0.2) is 24.4 Å². The molecule has 3 atom stereocenters. The van der Waals surface area contributed by atoms with E-state index in [0.717, 1.165) is 57.1 Å². The summed E-state index contributed by atoms with van der Waals surface area (Å²) in [7, 11) is 0. The summed E-state index contributed by atoms with van der Waals surface area (Å²) < 4.78 is 6.00. The molecule has 6 heteroatoms. The first-order chi connectivity index (χ1) is 14.2. The van der Waals surface area contributed by atoms with Crippen LogP contribution in [-0.4, -0.2) is 42.1 Å². The first kappa shape index (κ1) is 21.8. The molecule has 2 aliphatic rings. The van der Waals surface area contributed by atoms with Crippen molar-refractivity contribution in [3.05, 3.63) is 30.1 Å². The molecule has 0 aliphatic heterocycles. The number of aryl methyl sites for hydroxylation is 1. The highest BCUT2D eigenvalue weighted by Crippen LogP contribution is 2.30. The topological polar surface area (TPSA) is 80.3 Å². The van der Waals surface area contributed by atoms with Crippen LogP contribution in [0.4, 0.5) is 0 Å². The molecule has 0 spiro atoms. The minimum absolute atomic E-state index is 0.0205. The smallest absolute Gasteiger partial charge is 0.223 e. The molecule has 3 rings (SSSR count). The largest absolute Gasteiger partial charge is 0.376 e. The number of hydrogen-bond donors (Lipinski definition) is 2. The standard InChI is InChI=1S/C23H35N3O3/c1-2-15-29-21-12-11-18(16-20(21)26-23(28)17-7-5-8-17)22(27)25-14-6-10-19-9-3-4-13-24-19/h3-4,9,13,17-18,20-21H,2,5-8,10-12,14-16H2,1H3,(H,25,27)(H,26,28)/t18-,20+,21+/m0/s1. The fourth-order valence-electron chi connectivity index (χ4n) is 4.14. The van der Waals surface area contributed by atoms with E-state index in [0.29, 0.717) is 19.6 Å². The first-order valence-corrected chi connectivity index (χ1v) is 11.3. The predicted molar refractivity (Wildman–Crippen MR) is 112 cm³/mol. The highest BCUT2D eigenvalue weighted by atomic mass is 16.5. The van der Waals surface area contributed by atoms with Crippen LogP contribution < -0.4 is 10.6 Å². The van der Waals surface area contributed by atoms with E-state index in [1.807, 2.05) is 18.2 Å². The van der Waals surface area contributed by atoms with Crippen LogP contribution in [-0.2, 0) is 20.7 Å². The van der Waals surface area contributed by atoms with E-state index in [-0.39, 0.29) is 35.8 Å². The van der Waals surface area contributed by atoms with Crippen LogP contribution in [0.3, 0.4) is 0 Å². The lowest BCUT2D eigenvalue weighted by molar-refractivity contribution is -0.133. The van der Waals surface area contributed by atoms with Crippen LogP contribution in [0.1, 0.15) is 64.0 Å². The van der Waals surface area contributed by atoms with E-state index < -0.39 is 0 Å². The average Bonchev–Trinajstić information content (AvgIpc) is 2.69. The number of ether oxygens (including phenoxy) is 1. The zero-order chi connectivity index (χ0) is 20.5. The van der Waals surface area contributed by atoms with Gasteiger partial charge in [-0.2, -0.15) is 0 Å². The van der Waals surface area contributed by atoms with Gasteiger partial charge in [-0.25, -0.2) is 0 Å². The molecule has 29 heavy (non-hydrogen) atoms. The molecule has 160 valence electrons. The summed E-state index contributed by atoms with van der Waals surface area (Å²) in [5.74, 6) is 0.339. The van der Waals surface area contributed by atoms with Gasteiger partial charge in [0.2, 0.25) is 11.8 Å². The van der Waals surface area contributed by atoms with Gasteiger partial charge in [0, 0.05) is 36.9 Å². The van der Waals surface area contributed by atoms with Crippen molar-refractivity contribution in [2.45, 2.75) is 76.9 Å². The molecule has 2 fully saturated rings. The van der Waals surface area contributed by atoms with Gasteiger partial charge in [0.05, 0.1) is 12.1 Å². The van der Waals surface area contributed by atoms with Crippen LogP contribution in [0.5, 0.6) is 0 Å². The Morgan fingerprint density at radius 3 is 2.69 bits per heavy atom. The van der Waals surface area contributed by atoms with Gasteiger partial charge < -0.3 is 15.4 Å². The van der Waals surface area contributed by atoms with Gasteiger partial charge in [0.1, 0.15) is 0 Å². The maximum Gasteiger partial charge on any atom is 0.223 e. The van der Waals surface area contributed by atoms with Crippen molar-refractivity contribution in [2.75, 3.05) is 13.2 Å². The number of carbonyl (C=O) groups excluding carboxylic acids is 2. The van der Waals surface area contributed by atoms with Crippen molar-refractivity contribution >= 4 is 11.8 Å². The number of pyridine rings is 1. The average molecular weight is 402 g/mol. The first-order valence-electron chi connectivity index (χ1n) is 11.3. The van der Waals surface area contributed by atoms with Crippen molar-refractivity contribution < 1.29 is 14.3 Å². The predicted octanol–water partition coefficient (Wildman–Crippen LogP) is 3.01. The normalized spacial score (nSPS) is 24.5. The van der Waals surface area contributed by atoms with Gasteiger partial charge in [-0.05, 0) is 63.5 Å². The Morgan fingerprint density at radius 2 is 2.00 bits per heavy atom. The van der Waals surface area contributed by atoms with Crippen molar-refractivity contribution in [3.63, 3.8) is 0 Å². The monoisotopic (exact) mass is 401 g/mol. The molecule has 0 unspecified atom stereocenters. The van der Waals surface area contributed by atoms with Crippen molar-refractivity contribution in [1.29, 1.82) is 0 Å². The molecule has 2 amide bonds. The molecule has 1 aromatic rings. The molecule has 0 aromatic carbocycles. The fraction of sp³-hybridized carbons (Fsp3) is 0.696. The molecular weight excluding hydrogens is 366 g/mol. The third-order valence-corrected chi connectivity index (χ3v) is 6.13. The zero-order valence-electron chi connectivity index (χ0n) is 17.6. The molecule has 2 aliphatic carbocycles. The maximum absolute atomic E-state index is 12.7. The third kappa shape index (κ3) is 6.53. The highest BCUT2D eigenvalue weighted by molar-refractivity contribution is 5.81. The minimum atomic E-state index is -0.0623. The molecule has 1 heterocycles. The fourth-order valence-corrected chi connectivity index (χ4v) is 4.14. The lowest BCUT2D eigenvalue weighted by Gasteiger charge is -2.37. The Morgan fingerprint density at radius 1 is 1.14 bits per heavy atom. The quantitative estimate of drug-likeness (QED) is 0.591. The summed E-state index contributed by atoms with van der Waals surface area (Å²) in [4.78, 5) is 29.5. The van der Waals surface area contributed by atoms with Gasteiger partial charge >= 0.3 is 0 Å². The zero-order valence-corrected chi connectivity index (χ0v) is 17.6. The Hall–Kier alpha value is -1.95. The van der Waals surface area contributed by atoms with E-state index in [1.54, 1.807) is 6.20 Å². The third-order valence-electron chi connectivity index (χ3n) is 6.13. The minimum Gasteiger partial charge on any atom is -0.376 e. The van der Waals surface area contributed by atoms with Gasteiger partial charge in [0.25, 0.3) is 0 Å². The lowest BCUT2D eigenvalue weighted by atomic mass is 9.81. The van der Waals surface area contributed by atoms with Gasteiger partial charge in [-0.3, -0.25) is 14.6 Å². The maximum atomic E-state index is 12.7. The van der Waals surface area contributed by atoms with E-state index in [2.05, 4.69) is 22.5 Å². The Labute approximate surface area is 174 Å². The second-order valence-corrected chi connectivity index (χ2v) is 8.38. The lowest BCUT2D eigenvalue weighted by Crippen LogP contribution is -2.52.